The number of unbranched alkanes of at least 4 members (excludes halogenated alkanes) is 1. The maximum atomic E-state index is 12.5. The van der Waals surface area contributed by atoms with Crippen LogP contribution in [0.2, 0.25) is 5.02 Å². The summed E-state index contributed by atoms with van der Waals surface area (Å²) < 4.78 is 27.0. The lowest BCUT2D eigenvalue weighted by Crippen LogP contribution is -2.44. The van der Waals surface area contributed by atoms with Crippen LogP contribution in [-0.2, 0) is 15.0 Å². The highest BCUT2D eigenvalue weighted by atomic mass is 35.5. The highest BCUT2D eigenvalue weighted by molar-refractivity contribution is 7.90. The summed E-state index contributed by atoms with van der Waals surface area (Å²) in [6.07, 6.45) is 1.55. The normalized spacial score (nSPS) is 11.6. The predicted molar refractivity (Wildman–Crippen MR) is 82.9 cm³/mol. The zero-order valence-electron chi connectivity index (χ0n) is 12.0. The van der Waals surface area contributed by atoms with Crippen molar-refractivity contribution in [2.75, 3.05) is 24.4 Å². The summed E-state index contributed by atoms with van der Waals surface area (Å²) in [7, 11) is -2.45. The molecule has 0 aliphatic carbocycles. The number of hydrogen-bond donors (Lipinski definition) is 1. The molecule has 1 aromatic carbocycles. The third kappa shape index (κ3) is 4.87. The molecule has 21 heavy (non-hydrogen) atoms. The van der Waals surface area contributed by atoms with Gasteiger partial charge in [0.2, 0.25) is 0 Å². The maximum absolute atomic E-state index is 12.5. The summed E-state index contributed by atoms with van der Waals surface area (Å²) in [5, 5.41) is 9.42. The first-order valence-electron chi connectivity index (χ1n) is 6.50. The molecule has 8 heteroatoms. The summed E-state index contributed by atoms with van der Waals surface area (Å²) in [6.45, 7) is 1.65. The molecule has 1 N–H and O–H groups in total. The molecule has 0 saturated heterocycles. The number of aliphatic carboxylic acids is 1. The summed E-state index contributed by atoms with van der Waals surface area (Å²) in [5.41, 5.74) is 0.269. The van der Waals surface area contributed by atoms with Crippen molar-refractivity contribution >= 4 is 33.5 Å². The highest BCUT2D eigenvalue weighted by Crippen LogP contribution is 2.22. The van der Waals surface area contributed by atoms with Crippen molar-refractivity contribution in [3.8, 4) is 0 Å². The molecule has 0 fully saturated rings. The molecule has 1 aromatic rings. The predicted octanol–water partition coefficient (Wildman–Crippen LogP) is 2.21. The van der Waals surface area contributed by atoms with Crippen LogP contribution < -0.4 is 4.31 Å². The fourth-order valence-electron chi connectivity index (χ4n) is 1.70. The van der Waals surface area contributed by atoms with Gasteiger partial charge in [-0.25, -0.2) is 4.31 Å². The van der Waals surface area contributed by atoms with Crippen molar-refractivity contribution < 1.29 is 18.3 Å². The van der Waals surface area contributed by atoms with Gasteiger partial charge in [-0.05, 0) is 30.7 Å². The van der Waals surface area contributed by atoms with Gasteiger partial charge in [0.15, 0.2) is 0 Å². The van der Waals surface area contributed by atoms with E-state index in [1.807, 2.05) is 6.92 Å². The molecule has 1 rings (SSSR count). The van der Waals surface area contributed by atoms with Crippen LogP contribution in [0.5, 0.6) is 0 Å². The van der Waals surface area contributed by atoms with Crippen molar-refractivity contribution in [2.24, 2.45) is 0 Å². The van der Waals surface area contributed by atoms with E-state index >= 15 is 0 Å². The Bertz CT molecular complexity index is 574. The van der Waals surface area contributed by atoms with E-state index < -0.39 is 22.7 Å². The molecular weight excluding hydrogens is 316 g/mol. The van der Waals surface area contributed by atoms with Crippen molar-refractivity contribution in [2.45, 2.75) is 19.8 Å². The number of carboxylic acid groups (broad SMARTS) is 1. The van der Waals surface area contributed by atoms with Crippen LogP contribution in [0, 0.1) is 0 Å². The second-order valence-electron chi connectivity index (χ2n) is 4.56. The minimum absolute atomic E-state index is 0.269. The van der Waals surface area contributed by atoms with E-state index in [0.29, 0.717) is 18.0 Å². The van der Waals surface area contributed by atoms with Crippen molar-refractivity contribution in [1.82, 2.24) is 4.31 Å². The number of carboxylic acids is 1. The zero-order valence-corrected chi connectivity index (χ0v) is 13.6. The van der Waals surface area contributed by atoms with Gasteiger partial charge in [0.1, 0.15) is 6.54 Å². The second-order valence-corrected chi connectivity index (χ2v) is 6.96. The lowest BCUT2D eigenvalue weighted by Gasteiger charge is -2.28. The SMILES string of the molecule is CCCCN(C)S(=O)(=O)N(CC(=O)O)c1ccc(Cl)cc1. The molecule has 0 aromatic heterocycles. The number of hydrogen-bond acceptors (Lipinski definition) is 3. The third-order valence-electron chi connectivity index (χ3n) is 2.89. The third-order valence-corrected chi connectivity index (χ3v) is 5.01. The average molecular weight is 335 g/mol. The minimum Gasteiger partial charge on any atom is -0.480 e. The number of benzene rings is 1. The second kappa shape index (κ2) is 7.63. The Hall–Kier alpha value is -1.31. The molecule has 0 unspecified atom stereocenters. The topological polar surface area (TPSA) is 77.9 Å². The van der Waals surface area contributed by atoms with Gasteiger partial charge in [-0.2, -0.15) is 12.7 Å². The van der Waals surface area contributed by atoms with Gasteiger partial charge in [0.25, 0.3) is 0 Å². The monoisotopic (exact) mass is 334 g/mol. The van der Waals surface area contributed by atoms with Crippen molar-refractivity contribution in [3.63, 3.8) is 0 Å². The number of rotatable bonds is 8. The largest absolute Gasteiger partial charge is 0.480 e. The Labute approximate surface area is 130 Å². The van der Waals surface area contributed by atoms with E-state index in [0.717, 1.165) is 15.0 Å². The van der Waals surface area contributed by atoms with E-state index in [2.05, 4.69) is 0 Å². The Morgan fingerprint density at radius 1 is 1.29 bits per heavy atom. The molecule has 0 aliphatic rings. The molecule has 0 amide bonds. The molecule has 0 saturated carbocycles. The van der Waals surface area contributed by atoms with Gasteiger partial charge < -0.3 is 5.11 Å². The maximum Gasteiger partial charge on any atom is 0.324 e. The first kappa shape index (κ1) is 17.7. The molecule has 0 bridgehead atoms. The van der Waals surface area contributed by atoms with Crippen LogP contribution in [0.3, 0.4) is 0 Å². The summed E-state index contributed by atoms with van der Waals surface area (Å²) >= 11 is 5.77. The summed E-state index contributed by atoms with van der Waals surface area (Å²) in [5.74, 6) is -1.22. The molecule has 0 spiro atoms. The Morgan fingerprint density at radius 2 is 1.86 bits per heavy atom. The van der Waals surface area contributed by atoms with Crippen molar-refractivity contribution in [1.29, 1.82) is 0 Å². The van der Waals surface area contributed by atoms with Crippen LogP contribution in [0.15, 0.2) is 24.3 Å². The molecular formula is C13H19ClN2O4S. The number of anilines is 1. The smallest absolute Gasteiger partial charge is 0.324 e. The molecule has 0 aliphatic heterocycles. The Balaban J connectivity index is 3.12. The Kier molecular flexibility index (Phi) is 6.44. The van der Waals surface area contributed by atoms with Gasteiger partial charge in [0, 0.05) is 18.6 Å². The molecule has 118 valence electrons. The lowest BCUT2D eigenvalue weighted by atomic mass is 10.3. The Morgan fingerprint density at radius 3 is 2.33 bits per heavy atom. The number of halogens is 1. The lowest BCUT2D eigenvalue weighted by molar-refractivity contribution is -0.135. The van der Waals surface area contributed by atoms with E-state index in [4.69, 9.17) is 16.7 Å². The average Bonchev–Trinajstić information content (AvgIpc) is 2.42. The van der Waals surface area contributed by atoms with Gasteiger partial charge in [-0.15, -0.1) is 0 Å². The fourth-order valence-corrected chi connectivity index (χ4v) is 3.18. The number of carbonyl (C=O) groups is 1. The van der Waals surface area contributed by atoms with Gasteiger partial charge in [-0.3, -0.25) is 4.79 Å². The van der Waals surface area contributed by atoms with Crippen LogP contribution in [0.1, 0.15) is 19.8 Å². The van der Waals surface area contributed by atoms with E-state index in [-0.39, 0.29) is 5.69 Å². The standard InChI is InChI=1S/C13H19ClN2O4S/c1-3-4-9-15(2)21(19,20)16(10-13(17)18)12-7-5-11(14)6-8-12/h5-8H,3-4,9-10H2,1-2H3,(H,17,18). The van der Waals surface area contributed by atoms with Gasteiger partial charge in [0.05, 0.1) is 5.69 Å². The van der Waals surface area contributed by atoms with Crippen LogP contribution in [-0.4, -0.2) is 43.9 Å². The highest BCUT2D eigenvalue weighted by Gasteiger charge is 2.28. The zero-order chi connectivity index (χ0) is 16.0. The van der Waals surface area contributed by atoms with Crippen LogP contribution in [0.25, 0.3) is 0 Å². The quantitative estimate of drug-likeness (QED) is 0.790. The van der Waals surface area contributed by atoms with Crippen LogP contribution in [0.4, 0.5) is 5.69 Å². The molecule has 0 heterocycles. The van der Waals surface area contributed by atoms with E-state index in [9.17, 15) is 13.2 Å². The first-order valence-corrected chi connectivity index (χ1v) is 8.28. The number of nitrogens with zero attached hydrogens (tertiary/aromatic N) is 2. The van der Waals surface area contributed by atoms with Gasteiger partial charge >= 0.3 is 16.2 Å². The summed E-state index contributed by atoms with van der Waals surface area (Å²) in [6, 6.07) is 6.01. The molecule has 6 nitrogen and oxygen atoms in total. The minimum atomic E-state index is -3.89. The fraction of sp³-hybridized carbons (Fsp3) is 0.462. The molecule has 0 radical (unpaired) electrons. The molecule has 0 atom stereocenters. The summed E-state index contributed by atoms with van der Waals surface area (Å²) in [4.78, 5) is 11.0. The van der Waals surface area contributed by atoms with Crippen LogP contribution >= 0.6 is 11.6 Å². The van der Waals surface area contributed by atoms with Crippen molar-refractivity contribution in [3.05, 3.63) is 29.3 Å². The van der Waals surface area contributed by atoms with Gasteiger partial charge in [-0.1, -0.05) is 24.9 Å². The van der Waals surface area contributed by atoms with E-state index in [1.54, 1.807) is 0 Å². The first-order chi connectivity index (χ1) is 9.78. The van der Waals surface area contributed by atoms with E-state index in [1.165, 1.54) is 31.3 Å².